The minimum atomic E-state index is 0.0417. The summed E-state index contributed by atoms with van der Waals surface area (Å²) in [7, 11) is 2.11. The number of aromatic nitrogens is 1. The molecule has 0 fully saturated rings. The summed E-state index contributed by atoms with van der Waals surface area (Å²) in [5.41, 5.74) is 4.81. The summed E-state index contributed by atoms with van der Waals surface area (Å²) in [5.74, 6) is 7.23. The molecule has 3 heteroatoms. The van der Waals surface area contributed by atoms with Gasteiger partial charge in [-0.1, -0.05) is 48.2 Å². The number of hydrogen-bond acceptors (Lipinski definition) is 2. The third-order valence-electron chi connectivity index (χ3n) is 4.68. The number of benzene rings is 2. The number of rotatable bonds is 8. The molecule has 0 atom stereocenters. The van der Waals surface area contributed by atoms with E-state index in [1.54, 1.807) is 0 Å². The molecular weight excluding hydrogens is 380 g/mol. The Morgan fingerprint density at radius 1 is 1.00 bits per heavy atom. The first-order valence-corrected chi connectivity index (χ1v) is 10.7. The van der Waals surface area contributed by atoms with E-state index in [0.29, 0.717) is 6.61 Å². The van der Waals surface area contributed by atoms with Crippen LogP contribution in [0.1, 0.15) is 31.9 Å². The predicted octanol–water partition coefficient (Wildman–Crippen LogP) is 6.30. The molecule has 0 aliphatic heterocycles. The Labute approximate surface area is 186 Å². The molecule has 2 aromatic carbocycles. The Hall–Kier alpha value is -3.22. The third-order valence-corrected chi connectivity index (χ3v) is 4.68. The highest BCUT2D eigenvalue weighted by Gasteiger charge is 2.04. The van der Waals surface area contributed by atoms with Crippen molar-refractivity contribution in [2.45, 2.75) is 33.9 Å². The lowest BCUT2D eigenvalue weighted by molar-refractivity contribution is 0.304. The summed E-state index contributed by atoms with van der Waals surface area (Å²) < 4.78 is 6.07. The summed E-state index contributed by atoms with van der Waals surface area (Å²) in [6, 6.07) is 18.9. The second kappa shape index (κ2) is 10.7. The lowest BCUT2D eigenvalue weighted by atomic mass is 9.98. The molecule has 31 heavy (non-hydrogen) atoms. The van der Waals surface area contributed by atoms with Crippen molar-refractivity contribution < 1.29 is 4.74 Å². The Morgan fingerprint density at radius 2 is 1.81 bits per heavy atom. The lowest BCUT2D eigenvalue weighted by Gasteiger charge is -2.15. The fourth-order valence-electron chi connectivity index (χ4n) is 3.17. The fourth-order valence-corrected chi connectivity index (χ4v) is 3.17. The number of nitrogens with zero attached hydrogens (tertiary/aromatic N) is 1. The molecule has 0 aliphatic rings. The van der Waals surface area contributed by atoms with Crippen LogP contribution >= 0.6 is 0 Å². The first kappa shape index (κ1) is 22.5. The molecule has 0 saturated heterocycles. The SMILES string of the molecule is CN(CC=CC#CC(C)(C)C)Cc1cccc(OCc2cccc(-c3cc[nH]c3)c2)c1. The van der Waals surface area contributed by atoms with Gasteiger partial charge in [0.1, 0.15) is 12.4 Å². The van der Waals surface area contributed by atoms with Crippen molar-refractivity contribution in [2.75, 3.05) is 13.6 Å². The number of likely N-dealkylation sites (N-methyl/N-ethyl adjacent to an activating group) is 1. The Morgan fingerprint density at radius 3 is 2.58 bits per heavy atom. The predicted molar refractivity (Wildman–Crippen MR) is 130 cm³/mol. The van der Waals surface area contributed by atoms with Gasteiger partial charge in [0.05, 0.1) is 0 Å². The normalized spacial score (nSPS) is 11.5. The van der Waals surface area contributed by atoms with Gasteiger partial charge in [-0.15, -0.1) is 0 Å². The van der Waals surface area contributed by atoms with Crippen LogP contribution in [0.15, 0.2) is 79.1 Å². The van der Waals surface area contributed by atoms with Crippen LogP contribution in [-0.2, 0) is 13.2 Å². The summed E-state index contributed by atoms with van der Waals surface area (Å²) in [6.45, 7) is 8.62. The van der Waals surface area contributed by atoms with E-state index in [9.17, 15) is 0 Å². The number of H-pyrrole nitrogens is 1. The molecule has 0 spiro atoms. The van der Waals surface area contributed by atoms with Crippen LogP contribution in [0.5, 0.6) is 5.75 Å². The molecule has 0 bridgehead atoms. The van der Waals surface area contributed by atoms with Gasteiger partial charge in [-0.2, -0.15) is 0 Å². The highest BCUT2D eigenvalue weighted by Crippen LogP contribution is 2.21. The van der Waals surface area contributed by atoms with Gasteiger partial charge in [0, 0.05) is 30.9 Å². The Kier molecular flexibility index (Phi) is 7.76. The standard InChI is InChI=1S/C28H32N2O/c1-28(2,3)15-6-5-7-17-30(4)21-23-10-9-13-27(19-23)31-22-24-11-8-12-25(18-24)26-14-16-29-20-26/h5,7-14,16,18-20,29H,17,21-22H2,1-4H3. The summed E-state index contributed by atoms with van der Waals surface area (Å²) in [5, 5.41) is 0. The highest BCUT2D eigenvalue weighted by atomic mass is 16.5. The third kappa shape index (κ3) is 7.85. The van der Waals surface area contributed by atoms with Gasteiger partial charge in [-0.3, -0.25) is 4.90 Å². The molecule has 1 aromatic heterocycles. The maximum absolute atomic E-state index is 6.07. The molecule has 160 valence electrons. The van der Waals surface area contributed by atoms with Crippen molar-refractivity contribution in [1.82, 2.24) is 9.88 Å². The van der Waals surface area contributed by atoms with Crippen molar-refractivity contribution in [3.8, 4) is 28.7 Å². The number of allylic oxidation sites excluding steroid dienone is 1. The van der Waals surface area contributed by atoms with Gasteiger partial charge in [0.25, 0.3) is 0 Å². The van der Waals surface area contributed by atoms with Crippen molar-refractivity contribution in [2.24, 2.45) is 5.41 Å². The van der Waals surface area contributed by atoms with Gasteiger partial charge in [-0.05, 0) is 80.4 Å². The molecule has 3 nitrogen and oxygen atoms in total. The number of nitrogens with one attached hydrogen (secondary N) is 1. The van der Waals surface area contributed by atoms with Crippen LogP contribution in [0.4, 0.5) is 0 Å². The monoisotopic (exact) mass is 412 g/mol. The molecule has 0 unspecified atom stereocenters. The van der Waals surface area contributed by atoms with E-state index in [0.717, 1.165) is 24.4 Å². The van der Waals surface area contributed by atoms with Crippen LogP contribution in [0.25, 0.3) is 11.1 Å². The zero-order chi connectivity index (χ0) is 22.1. The fraction of sp³-hybridized carbons (Fsp3) is 0.286. The minimum absolute atomic E-state index is 0.0417. The second-order valence-electron chi connectivity index (χ2n) is 8.85. The van der Waals surface area contributed by atoms with Crippen LogP contribution in [0, 0.1) is 17.3 Å². The number of ether oxygens (including phenoxy) is 1. The van der Waals surface area contributed by atoms with Crippen molar-refractivity contribution >= 4 is 0 Å². The van der Waals surface area contributed by atoms with Crippen LogP contribution < -0.4 is 4.74 Å². The van der Waals surface area contributed by atoms with Crippen molar-refractivity contribution in [3.05, 3.63) is 90.3 Å². The molecule has 0 amide bonds. The highest BCUT2D eigenvalue weighted by molar-refractivity contribution is 5.63. The van der Waals surface area contributed by atoms with Gasteiger partial charge >= 0.3 is 0 Å². The molecule has 0 aliphatic carbocycles. The van der Waals surface area contributed by atoms with Crippen LogP contribution in [-0.4, -0.2) is 23.5 Å². The van der Waals surface area contributed by atoms with E-state index in [-0.39, 0.29) is 5.41 Å². The van der Waals surface area contributed by atoms with E-state index >= 15 is 0 Å². The van der Waals surface area contributed by atoms with Gasteiger partial charge in [0.15, 0.2) is 0 Å². The largest absolute Gasteiger partial charge is 0.489 e. The summed E-state index contributed by atoms with van der Waals surface area (Å²) in [4.78, 5) is 5.36. The number of hydrogen-bond donors (Lipinski definition) is 1. The average Bonchev–Trinajstić information content (AvgIpc) is 3.27. The molecule has 1 heterocycles. The molecule has 3 rings (SSSR count). The molecule has 3 aromatic rings. The first-order chi connectivity index (χ1) is 14.9. The summed E-state index contributed by atoms with van der Waals surface area (Å²) in [6.07, 6.45) is 8.00. The van der Waals surface area contributed by atoms with Gasteiger partial charge < -0.3 is 9.72 Å². The van der Waals surface area contributed by atoms with E-state index in [2.05, 4.69) is 104 Å². The molecular formula is C28H32N2O. The quantitative estimate of drug-likeness (QED) is 0.440. The van der Waals surface area contributed by atoms with Gasteiger partial charge in [0.2, 0.25) is 0 Å². The Balaban J connectivity index is 1.53. The van der Waals surface area contributed by atoms with E-state index in [1.165, 1.54) is 16.7 Å². The maximum Gasteiger partial charge on any atom is 0.120 e. The van der Waals surface area contributed by atoms with Crippen LogP contribution in [0.3, 0.4) is 0 Å². The van der Waals surface area contributed by atoms with E-state index < -0.39 is 0 Å². The summed E-state index contributed by atoms with van der Waals surface area (Å²) >= 11 is 0. The lowest BCUT2D eigenvalue weighted by Crippen LogP contribution is -2.17. The van der Waals surface area contributed by atoms with Crippen molar-refractivity contribution in [3.63, 3.8) is 0 Å². The Bertz CT molecular complexity index is 1050. The zero-order valence-electron chi connectivity index (χ0n) is 19.0. The topological polar surface area (TPSA) is 28.3 Å². The van der Waals surface area contributed by atoms with Gasteiger partial charge in [-0.25, -0.2) is 0 Å². The molecule has 0 radical (unpaired) electrons. The molecule has 0 saturated carbocycles. The smallest absolute Gasteiger partial charge is 0.120 e. The molecule has 1 N–H and O–H groups in total. The minimum Gasteiger partial charge on any atom is -0.489 e. The van der Waals surface area contributed by atoms with E-state index in [1.807, 2.05) is 24.5 Å². The zero-order valence-corrected chi connectivity index (χ0v) is 19.0. The average molecular weight is 413 g/mol. The first-order valence-electron chi connectivity index (χ1n) is 10.7. The maximum atomic E-state index is 6.07. The van der Waals surface area contributed by atoms with Crippen LogP contribution in [0.2, 0.25) is 0 Å². The van der Waals surface area contributed by atoms with E-state index in [4.69, 9.17) is 4.74 Å². The van der Waals surface area contributed by atoms with Crippen molar-refractivity contribution in [1.29, 1.82) is 0 Å². The number of aromatic amines is 1. The second-order valence-corrected chi connectivity index (χ2v) is 8.85.